The molecule has 10 heteroatoms. The number of amides is 1. The summed E-state index contributed by atoms with van der Waals surface area (Å²) in [6.07, 6.45) is 1.84. The molecule has 0 unspecified atom stereocenters. The van der Waals surface area contributed by atoms with Crippen LogP contribution >= 0.6 is 0 Å². The fourth-order valence-electron chi connectivity index (χ4n) is 3.80. The molecule has 1 amide bonds. The zero-order valence-electron chi connectivity index (χ0n) is 18.1. The molecule has 0 radical (unpaired) electrons. The summed E-state index contributed by atoms with van der Waals surface area (Å²) < 4.78 is 0. The molecule has 174 valence electrons. The number of carboxylic acid groups (broad SMARTS) is 3. The van der Waals surface area contributed by atoms with Crippen molar-refractivity contribution in [1.82, 2.24) is 0 Å². The minimum absolute atomic E-state index is 0.120. The maximum Gasteiger partial charge on any atom is 0.340 e. The Morgan fingerprint density at radius 1 is 0.848 bits per heavy atom. The molecule has 1 heterocycles. The molecule has 10 nitrogen and oxygen atoms in total. The monoisotopic (exact) mass is 456 g/mol. The average molecular weight is 456 g/mol. The predicted molar refractivity (Wildman–Crippen MR) is 119 cm³/mol. The second-order valence-electron chi connectivity index (χ2n) is 8.63. The van der Waals surface area contributed by atoms with Gasteiger partial charge in [0.15, 0.2) is 0 Å². The molecule has 0 bridgehead atoms. The van der Waals surface area contributed by atoms with Crippen LogP contribution in [0.1, 0.15) is 68.1 Å². The number of phenols is 1. The van der Waals surface area contributed by atoms with Crippen LogP contribution in [0.2, 0.25) is 0 Å². The van der Waals surface area contributed by atoms with Gasteiger partial charge in [-0.15, -0.1) is 0 Å². The Balaban J connectivity index is 2.03. The fourth-order valence-corrected chi connectivity index (χ4v) is 3.80. The van der Waals surface area contributed by atoms with Gasteiger partial charge in [-0.1, -0.05) is 13.8 Å². The van der Waals surface area contributed by atoms with E-state index in [1.165, 1.54) is 12.1 Å². The van der Waals surface area contributed by atoms with Crippen molar-refractivity contribution >= 4 is 35.2 Å². The first-order chi connectivity index (χ1) is 15.4. The number of aromatic carboxylic acids is 3. The summed E-state index contributed by atoms with van der Waals surface area (Å²) in [7, 11) is 0. The molecule has 1 aliphatic rings. The lowest BCUT2D eigenvalue weighted by Gasteiger charge is -2.38. The van der Waals surface area contributed by atoms with E-state index in [0.717, 1.165) is 38.1 Å². The number of benzene rings is 2. The largest absolute Gasteiger partial charge is 0.507 e. The lowest BCUT2D eigenvalue weighted by Crippen LogP contribution is -2.37. The Labute approximate surface area is 189 Å². The van der Waals surface area contributed by atoms with Crippen LogP contribution in [0.15, 0.2) is 30.3 Å². The van der Waals surface area contributed by atoms with Gasteiger partial charge in [-0.05, 0) is 48.6 Å². The molecule has 0 aliphatic carbocycles. The van der Waals surface area contributed by atoms with Crippen molar-refractivity contribution in [2.75, 3.05) is 23.3 Å². The molecule has 0 aromatic heterocycles. The van der Waals surface area contributed by atoms with E-state index in [9.17, 15) is 39.6 Å². The number of carbonyl (C=O) groups is 4. The third-order valence-electron chi connectivity index (χ3n) is 5.82. The van der Waals surface area contributed by atoms with Gasteiger partial charge in [-0.25, -0.2) is 14.4 Å². The van der Waals surface area contributed by atoms with Crippen molar-refractivity contribution in [2.45, 2.75) is 26.7 Å². The van der Waals surface area contributed by atoms with Crippen molar-refractivity contribution in [3.8, 4) is 5.75 Å². The number of carboxylic acids is 3. The fraction of sp³-hybridized carbons (Fsp3) is 0.304. The lowest BCUT2D eigenvalue weighted by molar-refractivity contribution is 0.0676. The first kappa shape index (κ1) is 23.6. The summed E-state index contributed by atoms with van der Waals surface area (Å²) in [5.41, 5.74) is -1.84. The molecule has 0 atom stereocenters. The number of rotatable bonds is 6. The second kappa shape index (κ2) is 8.81. The minimum Gasteiger partial charge on any atom is -0.507 e. The van der Waals surface area contributed by atoms with Gasteiger partial charge < -0.3 is 30.6 Å². The molecule has 3 rings (SSSR count). The smallest absolute Gasteiger partial charge is 0.340 e. The Bertz CT molecular complexity index is 1150. The van der Waals surface area contributed by atoms with E-state index in [1.807, 2.05) is 4.90 Å². The quantitative estimate of drug-likeness (QED) is 0.438. The standard InChI is InChI=1S/C23H24N2O8/c1-23(2)7-9-25(10-8-23)12-3-4-13(20(28)29)15(11-12)24-19(27)17-14(21(30)31)5-6-16(26)18(17)22(32)33/h3-6,11,26H,7-10H2,1-2H3,(H,24,27)(H,28,29)(H,30,31)(H,32,33). The van der Waals surface area contributed by atoms with Gasteiger partial charge in [0.25, 0.3) is 5.91 Å². The van der Waals surface area contributed by atoms with Crippen LogP contribution in [-0.2, 0) is 0 Å². The van der Waals surface area contributed by atoms with Gasteiger partial charge in [0.1, 0.15) is 11.3 Å². The van der Waals surface area contributed by atoms with Crippen molar-refractivity contribution in [3.63, 3.8) is 0 Å². The molecule has 2 aromatic carbocycles. The molecule has 0 saturated carbocycles. The van der Waals surface area contributed by atoms with Gasteiger partial charge in [0.05, 0.1) is 22.4 Å². The molecular weight excluding hydrogens is 432 g/mol. The highest BCUT2D eigenvalue weighted by atomic mass is 16.4. The summed E-state index contributed by atoms with van der Waals surface area (Å²) in [5, 5.41) is 40.7. The maximum absolute atomic E-state index is 13.0. The maximum atomic E-state index is 13.0. The van der Waals surface area contributed by atoms with Crippen molar-refractivity contribution < 1.29 is 39.6 Å². The van der Waals surface area contributed by atoms with E-state index in [4.69, 9.17) is 0 Å². The number of hydrogen-bond acceptors (Lipinski definition) is 6. The van der Waals surface area contributed by atoms with Crippen LogP contribution < -0.4 is 10.2 Å². The first-order valence-electron chi connectivity index (χ1n) is 10.2. The number of carbonyl (C=O) groups excluding carboxylic acids is 1. The van der Waals surface area contributed by atoms with Gasteiger partial charge in [-0.3, -0.25) is 4.79 Å². The normalized spacial score (nSPS) is 15.0. The lowest BCUT2D eigenvalue weighted by atomic mass is 9.82. The molecule has 33 heavy (non-hydrogen) atoms. The van der Waals surface area contributed by atoms with E-state index in [-0.39, 0.29) is 16.7 Å². The van der Waals surface area contributed by atoms with Crippen LogP contribution in [0.5, 0.6) is 5.75 Å². The number of anilines is 2. The van der Waals surface area contributed by atoms with Gasteiger partial charge in [0.2, 0.25) is 0 Å². The summed E-state index contributed by atoms with van der Waals surface area (Å²) >= 11 is 0. The van der Waals surface area contributed by atoms with Crippen LogP contribution in [0, 0.1) is 5.41 Å². The Morgan fingerprint density at radius 3 is 1.97 bits per heavy atom. The zero-order chi connectivity index (χ0) is 24.5. The second-order valence-corrected chi connectivity index (χ2v) is 8.63. The third-order valence-corrected chi connectivity index (χ3v) is 5.82. The Morgan fingerprint density at radius 2 is 1.42 bits per heavy atom. The van der Waals surface area contributed by atoms with Crippen LogP contribution in [0.4, 0.5) is 11.4 Å². The molecule has 2 aromatic rings. The average Bonchev–Trinajstić information content (AvgIpc) is 2.72. The van der Waals surface area contributed by atoms with E-state index >= 15 is 0 Å². The first-order valence-corrected chi connectivity index (χ1v) is 10.2. The van der Waals surface area contributed by atoms with Crippen LogP contribution in [0.25, 0.3) is 0 Å². The van der Waals surface area contributed by atoms with E-state index in [1.54, 1.807) is 6.07 Å². The highest BCUT2D eigenvalue weighted by molar-refractivity contribution is 6.18. The summed E-state index contributed by atoms with van der Waals surface area (Å²) in [6, 6.07) is 6.18. The van der Waals surface area contributed by atoms with Crippen molar-refractivity contribution in [3.05, 3.63) is 52.6 Å². The van der Waals surface area contributed by atoms with Crippen molar-refractivity contribution in [1.29, 1.82) is 0 Å². The third kappa shape index (κ3) is 4.89. The summed E-state index contributed by atoms with van der Waals surface area (Å²) in [5.74, 6) is -6.57. The number of nitrogens with one attached hydrogen (secondary N) is 1. The van der Waals surface area contributed by atoms with Crippen LogP contribution in [0.3, 0.4) is 0 Å². The van der Waals surface area contributed by atoms with E-state index in [0.29, 0.717) is 5.69 Å². The summed E-state index contributed by atoms with van der Waals surface area (Å²) in [4.78, 5) is 50.0. The van der Waals surface area contributed by atoms with E-state index in [2.05, 4.69) is 19.2 Å². The number of aromatic hydroxyl groups is 1. The van der Waals surface area contributed by atoms with Gasteiger partial charge >= 0.3 is 17.9 Å². The van der Waals surface area contributed by atoms with Crippen LogP contribution in [-0.4, -0.2) is 57.3 Å². The van der Waals surface area contributed by atoms with E-state index < -0.39 is 46.3 Å². The molecule has 5 N–H and O–H groups in total. The number of nitrogens with zero attached hydrogens (tertiary/aromatic N) is 1. The highest BCUT2D eigenvalue weighted by Gasteiger charge is 2.29. The van der Waals surface area contributed by atoms with Gasteiger partial charge in [-0.2, -0.15) is 0 Å². The Hall–Kier alpha value is -4.08. The summed E-state index contributed by atoms with van der Waals surface area (Å²) in [6.45, 7) is 5.79. The number of piperidine rings is 1. The zero-order valence-corrected chi connectivity index (χ0v) is 18.1. The molecule has 1 aliphatic heterocycles. The molecule has 0 spiro atoms. The topological polar surface area (TPSA) is 164 Å². The highest BCUT2D eigenvalue weighted by Crippen LogP contribution is 2.34. The Kier molecular flexibility index (Phi) is 6.30. The SMILES string of the molecule is CC1(C)CCN(c2ccc(C(=O)O)c(NC(=O)c3c(C(=O)O)ccc(O)c3C(=O)O)c2)CC1. The predicted octanol–water partition coefficient (Wildman–Crippen LogP) is 3.37. The van der Waals surface area contributed by atoms with Crippen molar-refractivity contribution in [2.24, 2.45) is 5.41 Å². The molecular formula is C23H24N2O8. The van der Waals surface area contributed by atoms with Gasteiger partial charge in [0, 0.05) is 18.8 Å². The number of hydrogen-bond donors (Lipinski definition) is 5. The molecule has 1 fully saturated rings. The minimum atomic E-state index is -1.70. The molecule has 1 saturated heterocycles.